The first-order chi connectivity index (χ1) is 18.1. The van der Waals surface area contributed by atoms with Gasteiger partial charge in [-0.2, -0.15) is 9.97 Å². The van der Waals surface area contributed by atoms with E-state index in [2.05, 4.69) is 74.8 Å². The Hall–Kier alpha value is -2.75. The Balaban J connectivity index is 1.34. The van der Waals surface area contributed by atoms with Crippen LogP contribution in [0.4, 0.5) is 11.8 Å². The average molecular weight is 506 g/mol. The average Bonchev–Trinajstić information content (AvgIpc) is 3.58. The highest BCUT2D eigenvalue weighted by Crippen LogP contribution is 2.26. The smallest absolute Gasteiger partial charge is 0.227 e. The van der Waals surface area contributed by atoms with Crippen LogP contribution in [0.25, 0.3) is 11.2 Å². The molecule has 37 heavy (non-hydrogen) atoms. The number of aryl methyl sites for hydroxylation is 1. The molecule has 0 amide bonds. The summed E-state index contributed by atoms with van der Waals surface area (Å²) in [5, 5.41) is 3.51. The van der Waals surface area contributed by atoms with Crippen LogP contribution in [0.1, 0.15) is 37.3 Å². The van der Waals surface area contributed by atoms with Gasteiger partial charge < -0.3 is 29.5 Å². The number of likely N-dealkylation sites (N-methyl/N-ethyl adjacent to an activating group) is 1. The second-order valence-corrected chi connectivity index (χ2v) is 10.7. The van der Waals surface area contributed by atoms with E-state index in [0.29, 0.717) is 12.5 Å². The molecule has 0 unspecified atom stereocenters. The molecule has 4 heterocycles. The van der Waals surface area contributed by atoms with Crippen molar-refractivity contribution >= 4 is 22.9 Å². The molecule has 5 rings (SSSR count). The number of hydrogen-bond acceptors (Lipinski definition) is 8. The standard InChI is InChI=1S/C28H43N9/c1-4-34-16-18-36(19-17-34)26-25-27(37(22-30-25)15-7-14-35-12-5-6-13-35)32-28(31-26)29-20-23-8-10-24(11-9-23)21-33(2)3/h8-11,22H,4-7,12-21H2,1-3H3,(H,29,31,32). The second-order valence-electron chi connectivity index (χ2n) is 10.7. The summed E-state index contributed by atoms with van der Waals surface area (Å²) in [5.74, 6) is 1.64. The minimum absolute atomic E-state index is 0.680. The molecule has 200 valence electrons. The molecule has 2 fully saturated rings. The maximum absolute atomic E-state index is 5.00. The van der Waals surface area contributed by atoms with Gasteiger partial charge in [0, 0.05) is 45.8 Å². The van der Waals surface area contributed by atoms with Gasteiger partial charge >= 0.3 is 0 Å². The van der Waals surface area contributed by atoms with E-state index in [0.717, 1.165) is 75.8 Å². The summed E-state index contributed by atoms with van der Waals surface area (Å²) in [6, 6.07) is 8.79. The fourth-order valence-corrected chi connectivity index (χ4v) is 5.45. The summed E-state index contributed by atoms with van der Waals surface area (Å²) < 4.78 is 2.22. The van der Waals surface area contributed by atoms with Crippen LogP contribution in [-0.2, 0) is 19.6 Å². The first-order valence-corrected chi connectivity index (χ1v) is 14.0. The monoisotopic (exact) mass is 505 g/mol. The van der Waals surface area contributed by atoms with Gasteiger partial charge in [-0.05, 0) is 70.7 Å². The third-order valence-corrected chi connectivity index (χ3v) is 7.61. The van der Waals surface area contributed by atoms with Crippen LogP contribution >= 0.6 is 0 Å². The van der Waals surface area contributed by atoms with Crippen molar-refractivity contribution in [3.8, 4) is 0 Å². The predicted molar refractivity (Wildman–Crippen MR) is 151 cm³/mol. The lowest BCUT2D eigenvalue weighted by Crippen LogP contribution is -2.46. The van der Waals surface area contributed by atoms with Crippen molar-refractivity contribution in [3.05, 3.63) is 41.7 Å². The maximum Gasteiger partial charge on any atom is 0.227 e. The van der Waals surface area contributed by atoms with Gasteiger partial charge in [0.2, 0.25) is 5.95 Å². The highest BCUT2D eigenvalue weighted by Gasteiger charge is 2.22. The summed E-state index contributed by atoms with van der Waals surface area (Å²) >= 11 is 0. The van der Waals surface area contributed by atoms with Crippen molar-refractivity contribution in [2.75, 3.05) is 76.7 Å². The van der Waals surface area contributed by atoms with Gasteiger partial charge in [-0.15, -0.1) is 0 Å². The molecule has 0 saturated carbocycles. The van der Waals surface area contributed by atoms with E-state index in [9.17, 15) is 0 Å². The number of hydrogen-bond donors (Lipinski definition) is 1. The number of piperazine rings is 1. The van der Waals surface area contributed by atoms with Crippen LogP contribution in [-0.4, -0.2) is 101 Å². The Kier molecular flexibility index (Phi) is 8.53. The predicted octanol–water partition coefficient (Wildman–Crippen LogP) is 3.13. The van der Waals surface area contributed by atoms with E-state index < -0.39 is 0 Å². The van der Waals surface area contributed by atoms with Gasteiger partial charge in [0.1, 0.15) is 0 Å². The van der Waals surface area contributed by atoms with Gasteiger partial charge in [0.05, 0.1) is 6.33 Å². The lowest BCUT2D eigenvalue weighted by molar-refractivity contribution is 0.271. The number of aromatic nitrogens is 4. The van der Waals surface area contributed by atoms with Crippen molar-refractivity contribution in [1.82, 2.24) is 34.2 Å². The summed E-state index contributed by atoms with van der Waals surface area (Å²) in [6.45, 7) is 13.6. The number of nitrogens with zero attached hydrogens (tertiary/aromatic N) is 8. The zero-order chi connectivity index (χ0) is 25.6. The van der Waals surface area contributed by atoms with Crippen molar-refractivity contribution in [2.24, 2.45) is 0 Å². The molecule has 1 N–H and O–H groups in total. The Bertz CT molecular complexity index is 1130. The third-order valence-electron chi connectivity index (χ3n) is 7.61. The molecule has 9 nitrogen and oxygen atoms in total. The van der Waals surface area contributed by atoms with Crippen molar-refractivity contribution < 1.29 is 0 Å². The molecule has 2 saturated heterocycles. The zero-order valence-electron chi connectivity index (χ0n) is 22.9. The molecule has 2 aliphatic heterocycles. The highest BCUT2D eigenvalue weighted by atomic mass is 15.3. The summed E-state index contributed by atoms with van der Waals surface area (Å²) in [5.41, 5.74) is 4.40. The fourth-order valence-electron chi connectivity index (χ4n) is 5.45. The van der Waals surface area contributed by atoms with Gasteiger partial charge in [0.25, 0.3) is 0 Å². The molecular weight excluding hydrogens is 462 g/mol. The lowest BCUT2D eigenvalue weighted by atomic mass is 10.1. The van der Waals surface area contributed by atoms with Crippen LogP contribution in [0.3, 0.4) is 0 Å². The van der Waals surface area contributed by atoms with Crippen LogP contribution < -0.4 is 10.2 Å². The van der Waals surface area contributed by atoms with Crippen LogP contribution in [0.15, 0.2) is 30.6 Å². The molecule has 0 bridgehead atoms. The molecule has 2 aromatic heterocycles. The molecule has 2 aliphatic rings. The van der Waals surface area contributed by atoms with Crippen LogP contribution in [0, 0.1) is 0 Å². The second kappa shape index (κ2) is 12.2. The maximum atomic E-state index is 5.00. The number of likely N-dealkylation sites (tertiary alicyclic amines) is 1. The van der Waals surface area contributed by atoms with Crippen molar-refractivity contribution in [3.63, 3.8) is 0 Å². The highest BCUT2D eigenvalue weighted by molar-refractivity contribution is 5.85. The van der Waals surface area contributed by atoms with Crippen molar-refractivity contribution in [1.29, 1.82) is 0 Å². The largest absolute Gasteiger partial charge is 0.352 e. The number of rotatable bonds is 11. The first kappa shape index (κ1) is 25.9. The summed E-state index contributed by atoms with van der Waals surface area (Å²) in [7, 11) is 4.19. The van der Waals surface area contributed by atoms with E-state index in [1.165, 1.54) is 37.1 Å². The molecule has 9 heteroatoms. The summed E-state index contributed by atoms with van der Waals surface area (Å²) in [6.07, 6.45) is 5.75. The fraction of sp³-hybridized carbons (Fsp3) is 0.607. The van der Waals surface area contributed by atoms with E-state index in [-0.39, 0.29) is 0 Å². The molecule has 0 atom stereocenters. The normalized spacial score (nSPS) is 17.4. The Morgan fingerprint density at radius 2 is 1.59 bits per heavy atom. The summed E-state index contributed by atoms with van der Waals surface area (Å²) in [4.78, 5) is 24.4. The molecule has 1 aromatic carbocycles. The SMILES string of the molecule is CCN1CCN(c2nc(NCc3ccc(CN(C)C)cc3)nc3c2ncn3CCCN2CCCC2)CC1. The molecule has 3 aromatic rings. The number of fused-ring (bicyclic) bond motifs is 1. The van der Waals surface area contributed by atoms with Gasteiger partial charge in [-0.25, -0.2) is 4.98 Å². The number of imidazole rings is 1. The topological polar surface area (TPSA) is 68.6 Å². The van der Waals surface area contributed by atoms with Gasteiger partial charge in [0.15, 0.2) is 17.0 Å². The van der Waals surface area contributed by atoms with E-state index in [1.54, 1.807) is 0 Å². The number of benzene rings is 1. The van der Waals surface area contributed by atoms with E-state index in [4.69, 9.17) is 15.0 Å². The van der Waals surface area contributed by atoms with Gasteiger partial charge in [-0.3, -0.25) is 0 Å². The van der Waals surface area contributed by atoms with Crippen LogP contribution in [0.2, 0.25) is 0 Å². The molecule has 0 radical (unpaired) electrons. The van der Waals surface area contributed by atoms with Crippen molar-refractivity contribution in [2.45, 2.75) is 45.8 Å². The first-order valence-electron chi connectivity index (χ1n) is 14.0. The Morgan fingerprint density at radius 1 is 0.865 bits per heavy atom. The lowest BCUT2D eigenvalue weighted by Gasteiger charge is -2.34. The minimum atomic E-state index is 0.680. The molecular formula is C28H43N9. The molecule has 0 spiro atoms. The Morgan fingerprint density at radius 3 is 2.30 bits per heavy atom. The number of anilines is 2. The zero-order valence-corrected chi connectivity index (χ0v) is 22.9. The minimum Gasteiger partial charge on any atom is -0.352 e. The molecule has 0 aliphatic carbocycles. The number of nitrogens with one attached hydrogen (secondary N) is 1. The Labute approximate surface area is 221 Å². The van der Waals surface area contributed by atoms with E-state index in [1.807, 2.05) is 6.33 Å². The van der Waals surface area contributed by atoms with E-state index >= 15 is 0 Å². The quantitative estimate of drug-likeness (QED) is 0.426. The third kappa shape index (κ3) is 6.58. The van der Waals surface area contributed by atoms with Crippen LogP contribution in [0.5, 0.6) is 0 Å². The van der Waals surface area contributed by atoms with Gasteiger partial charge in [-0.1, -0.05) is 31.2 Å².